The summed E-state index contributed by atoms with van der Waals surface area (Å²) in [6.07, 6.45) is 3.98. The molecule has 6 nitrogen and oxygen atoms in total. The van der Waals surface area contributed by atoms with Crippen LogP contribution < -0.4 is 4.90 Å². The Morgan fingerprint density at radius 3 is 2.61 bits per heavy atom. The Morgan fingerprint density at radius 2 is 1.96 bits per heavy atom. The molecule has 0 aliphatic rings. The maximum atomic E-state index is 11.9. The van der Waals surface area contributed by atoms with Gasteiger partial charge in [0.1, 0.15) is 10.7 Å². The highest BCUT2D eigenvalue weighted by molar-refractivity contribution is 7.15. The summed E-state index contributed by atoms with van der Waals surface area (Å²) in [5.41, 5.74) is 3.51. The Balaban J connectivity index is 2.24. The second-order valence-corrected chi connectivity index (χ2v) is 7.96. The Labute approximate surface area is 168 Å². The number of hydrogen-bond donors (Lipinski definition) is 0. The molecule has 3 aromatic rings. The minimum atomic E-state index is -0.391. The van der Waals surface area contributed by atoms with Crippen molar-refractivity contribution in [2.75, 3.05) is 19.1 Å². The van der Waals surface area contributed by atoms with Crippen LogP contribution >= 0.6 is 11.3 Å². The normalized spacial score (nSPS) is 11.5. The lowest BCUT2D eigenvalue weighted by Gasteiger charge is -2.24. The van der Waals surface area contributed by atoms with Crippen LogP contribution in [0.25, 0.3) is 27.8 Å². The fourth-order valence-corrected chi connectivity index (χ4v) is 3.63. The molecule has 0 unspecified atom stereocenters. The molecule has 0 aliphatic heterocycles. The number of anilines is 1. The van der Waals surface area contributed by atoms with E-state index in [4.69, 9.17) is 19.7 Å². The molecule has 2 aromatic heterocycles. The summed E-state index contributed by atoms with van der Waals surface area (Å²) in [5, 5.41) is 0.833. The molecule has 0 saturated heterocycles. The van der Waals surface area contributed by atoms with Crippen LogP contribution in [0.3, 0.4) is 0 Å². The average molecular weight is 397 g/mol. The van der Waals surface area contributed by atoms with Crippen molar-refractivity contribution in [2.24, 2.45) is 0 Å². The fourth-order valence-electron chi connectivity index (χ4n) is 2.75. The van der Waals surface area contributed by atoms with E-state index in [1.807, 2.05) is 26.1 Å². The number of hydrogen-bond acceptors (Lipinski definition) is 7. The number of benzene rings is 1. The molecular weight excluding hydrogens is 372 g/mol. The second-order valence-electron chi connectivity index (χ2n) is 6.76. The van der Waals surface area contributed by atoms with Crippen LogP contribution in [0, 0.1) is 6.92 Å². The van der Waals surface area contributed by atoms with Crippen LogP contribution in [0.1, 0.15) is 41.7 Å². The average Bonchev–Trinajstić information content (AvgIpc) is 3.05. The minimum Gasteiger partial charge on any atom is -0.465 e. The quantitative estimate of drug-likeness (QED) is 0.581. The first-order valence-electron chi connectivity index (χ1n) is 9.09. The summed E-state index contributed by atoms with van der Waals surface area (Å²) in [5.74, 6) is 0.350. The van der Waals surface area contributed by atoms with Crippen LogP contribution in [-0.2, 0) is 4.74 Å². The molecule has 0 bridgehead atoms. The molecule has 146 valence electrons. The van der Waals surface area contributed by atoms with E-state index in [0.717, 1.165) is 27.1 Å². The Morgan fingerprint density at radius 1 is 1.21 bits per heavy atom. The first-order chi connectivity index (χ1) is 13.3. The number of fused-ring (bicyclic) bond motifs is 1. The van der Waals surface area contributed by atoms with Crippen LogP contribution in [0.5, 0.6) is 0 Å². The van der Waals surface area contributed by atoms with Crippen molar-refractivity contribution in [1.29, 1.82) is 0 Å². The number of methoxy groups -OCH3 is 1. The molecule has 0 spiro atoms. The number of carbonyl (C=O) groups is 1. The van der Waals surface area contributed by atoms with Gasteiger partial charge in [-0.1, -0.05) is 6.08 Å². The van der Waals surface area contributed by atoms with E-state index < -0.39 is 5.97 Å². The zero-order chi connectivity index (χ0) is 20.4. The third-order valence-electron chi connectivity index (χ3n) is 4.54. The predicted molar refractivity (Wildman–Crippen MR) is 115 cm³/mol. The molecule has 0 N–H and O–H groups in total. The van der Waals surface area contributed by atoms with Crippen molar-refractivity contribution in [1.82, 2.24) is 15.0 Å². The minimum absolute atomic E-state index is 0.227. The van der Waals surface area contributed by atoms with Gasteiger partial charge in [0.05, 0.1) is 29.4 Å². The highest BCUT2D eigenvalue weighted by atomic mass is 32.1. The number of esters is 1. The lowest BCUT2D eigenvalue weighted by molar-refractivity contribution is 0.0601. The smallest absolute Gasteiger partial charge is 0.337 e. The third-order valence-corrected chi connectivity index (χ3v) is 5.53. The van der Waals surface area contributed by atoms with Crippen molar-refractivity contribution in [2.45, 2.75) is 33.7 Å². The van der Waals surface area contributed by atoms with Gasteiger partial charge in [-0.3, -0.25) is 0 Å². The van der Waals surface area contributed by atoms with Gasteiger partial charge in [0.25, 0.3) is 0 Å². The van der Waals surface area contributed by atoms with Crippen LogP contribution in [0.2, 0.25) is 0 Å². The molecule has 3 rings (SSSR count). The van der Waals surface area contributed by atoms with Gasteiger partial charge >= 0.3 is 5.97 Å². The lowest BCUT2D eigenvalue weighted by Crippen LogP contribution is -2.27. The van der Waals surface area contributed by atoms with Crippen molar-refractivity contribution in [3.8, 4) is 10.7 Å². The highest BCUT2D eigenvalue weighted by Crippen LogP contribution is 2.34. The van der Waals surface area contributed by atoms with E-state index in [9.17, 15) is 4.79 Å². The standard InChI is InChI=1S/C21H24N4O2S/c1-7-8-15-13(4)28-20(24-15)18-19(25(5)12(2)3)23-17-11-14(21(26)27-6)9-10-16(17)22-18/h7-12H,1-6H3/b8-7-. The number of carbonyl (C=O) groups excluding carboxylic acids is 1. The van der Waals surface area contributed by atoms with E-state index in [-0.39, 0.29) is 6.04 Å². The number of ether oxygens (including phenoxy) is 1. The molecule has 28 heavy (non-hydrogen) atoms. The lowest BCUT2D eigenvalue weighted by atomic mass is 10.2. The van der Waals surface area contributed by atoms with Gasteiger partial charge in [-0.2, -0.15) is 0 Å². The zero-order valence-corrected chi connectivity index (χ0v) is 17.8. The third kappa shape index (κ3) is 3.75. The largest absolute Gasteiger partial charge is 0.465 e. The fraction of sp³-hybridized carbons (Fsp3) is 0.333. The molecule has 0 atom stereocenters. The summed E-state index contributed by atoms with van der Waals surface area (Å²) < 4.78 is 4.82. The van der Waals surface area contributed by atoms with Crippen molar-refractivity contribution < 1.29 is 9.53 Å². The Hall–Kier alpha value is -2.80. The van der Waals surface area contributed by atoms with E-state index in [1.54, 1.807) is 29.5 Å². The van der Waals surface area contributed by atoms with Crippen molar-refractivity contribution in [3.63, 3.8) is 0 Å². The molecular formula is C21H24N4O2S. The molecule has 1 aromatic carbocycles. The van der Waals surface area contributed by atoms with Crippen LogP contribution in [0.15, 0.2) is 24.3 Å². The molecule has 0 saturated carbocycles. The Bertz CT molecular complexity index is 1060. The summed E-state index contributed by atoms with van der Waals surface area (Å²) >= 11 is 1.61. The van der Waals surface area contributed by atoms with Gasteiger partial charge in [-0.05, 0) is 52.0 Å². The van der Waals surface area contributed by atoms with Gasteiger partial charge in [-0.15, -0.1) is 11.3 Å². The second kappa shape index (κ2) is 8.06. The zero-order valence-electron chi connectivity index (χ0n) is 17.0. The monoisotopic (exact) mass is 396 g/mol. The number of nitrogens with zero attached hydrogens (tertiary/aromatic N) is 4. The topological polar surface area (TPSA) is 68.2 Å². The first kappa shape index (κ1) is 19.9. The van der Waals surface area contributed by atoms with Gasteiger partial charge in [-0.25, -0.2) is 19.7 Å². The molecule has 0 amide bonds. The number of aromatic nitrogens is 3. The van der Waals surface area contributed by atoms with Gasteiger partial charge in [0.2, 0.25) is 0 Å². The van der Waals surface area contributed by atoms with Crippen LogP contribution in [-0.4, -0.2) is 41.1 Å². The van der Waals surface area contributed by atoms with E-state index in [0.29, 0.717) is 16.6 Å². The van der Waals surface area contributed by atoms with Gasteiger partial charge in [0, 0.05) is 18.0 Å². The maximum Gasteiger partial charge on any atom is 0.337 e. The van der Waals surface area contributed by atoms with Crippen molar-refractivity contribution >= 4 is 40.2 Å². The molecule has 0 aliphatic carbocycles. The summed E-state index contributed by atoms with van der Waals surface area (Å²) in [6.45, 7) is 8.22. The number of rotatable bonds is 5. The number of allylic oxidation sites excluding steroid dienone is 1. The Kier molecular flexibility index (Phi) is 5.74. The number of thiazole rings is 1. The van der Waals surface area contributed by atoms with Crippen molar-refractivity contribution in [3.05, 3.63) is 40.4 Å². The number of aryl methyl sites for hydroxylation is 1. The molecule has 0 radical (unpaired) electrons. The SMILES string of the molecule is C/C=C\c1nc(-c2nc3ccc(C(=O)OC)cc3nc2N(C)C(C)C)sc1C. The van der Waals surface area contributed by atoms with Gasteiger partial charge < -0.3 is 9.64 Å². The van der Waals surface area contributed by atoms with Gasteiger partial charge in [0.15, 0.2) is 5.82 Å². The molecule has 0 fully saturated rings. The summed E-state index contributed by atoms with van der Waals surface area (Å²) in [6, 6.07) is 5.44. The molecule has 7 heteroatoms. The summed E-state index contributed by atoms with van der Waals surface area (Å²) in [7, 11) is 3.36. The van der Waals surface area contributed by atoms with E-state index in [2.05, 4.69) is 25.7 Å². The van der Waals surface area contributed by atoms with E-state index >= 15 is 0 Å². The van der Waals surface area contributed by atoms with E-state index in [1.165, 1.54) is 7.11 Å². The van der Waals surface area contributed by atoms with Crippen LogP contribution in [0.4, 0.5) is 5.82 Å². The molecule has 2 heterocycles. The summed E-state index contributed by atoms with van der Waals surface area (Å²) in [4.78, 5) is 29.5. The predicted octanol–water partition coefficient (Wildman–Crippen LogP) is 4.73. The highest BCUT2D eigenvalue weighted by Gasteiger charge is 2.21. The first-order valence-corrected chi connectivity index (χ1v) is 9.90. The maximum absolute atomic E-state index is 11.9.